The van der Waals surface area contributed by atoms with Crippen molar-refractivity contribution in [3.63, 3.8) is 0 Å². The summed E-state index contributed by atoms with van der Waals surface area (Å²) in [5, 5.41) is 12.4. The predicted octanol–water partition coefficient (Wildman–Crippen LogP) is 2.33. The second-order valence-corrected chi connectivity index (χ2v) is 5.45. The Bertz CT molecular complexity index is 452. The number of ether oxygens (including phenoxy) is 1. The van der Waals surface area contributed by atoms with Crippen LogP contribution in [0.4, 0.5) is 10.5 Å². The fraction of sp³-hybridized carbons (Fsp3) is 0.500. The van der Waals surface area contributed by atoms with Gasteiger partial charge >= 0.3 is 6.09 Å². The molecule has 0 radical (unpaired) electrons. The number of nitrogens with two attached hydrogens (primary N) is 1. The smallest absolute Gasteiger partial charge is 0.412 e. The molecule has 0 fully saturated rings. The molecular formula is C14H22N2O3. The van der Waals surface area contributed by atoms with Gasteiger partial charge in [0.25, 0.3) is 0 Å². The first-order valence-electron chi connectivity index (χ1n) is 6.21. The molecule has 1 amide bonds. The van der Waals surface area contributed by atoms with Crippen molar-refractivity contribution in [1.82, 2.24) is 0 Å². The Balaban J connectivity index is 2.85. The van der Waals surface area contributed by atoms with Gasteiger partial charge in [0, 0.05) is 12.2 Å². The Morgan fingerprint density at radius 1 is 1.47 bits per heavy atom. The van der Waals surface area contributed by atoms with Crippen LogP contribution in [0.3, 0.4) is 0 Å². The first-order valence-corrected chi connectivity index (χ1v) is 6.21. The minimum absolute atomic E-state index is 0.134. The second-order valence-electron chi connectivity index (χ2n) is 5.45. The number of carbonyl (C=O) groups is 1. The van der Waals surface area contributed by atoms with Crippen LogP contribution in [0, 0.1) is 6.92 Å². The normalized spacial score (nSPS) is 12.9. The van der Waals surface area contributed by atoms with Gasteiger partial charge in [0.2, 0.25) is 0 Å². The van der Waals surface area contributed by atoms with Gasteiger partial charge in [0.15, 0.2) is 0 Å². The monoisotopic (exact) mass is 266 g/mol. The van der Waals surface area contributed by atoms with Crippen molar-refractivity contribution in [3.05, 3.63) is 29.3 Å². The van der Waals surface area contributed by atoms with Gasteiger partial charge in [-0.1, -0.05) is 12.1 Å². The van der Waals surface area contributed by atoms with Crippen molar-refractivity contribution >= 4 is 11.8 Å². The number of aliphatic hydroxyl groups excluding tert-OH is 1. The molecule has 5 heteroatoms. The molecule has 0 saturated heterocycles. The molecule has 0 aromatic heterocycles. The Kier molecular flexibility index (Phi) is 4.91. The summed E-state index contributed by atoms with van der Waals surface area (Å²) in [5.74, 6) is 0. The van der Waals surface area contributed by atoms with Gasteiger partial charge in [-0.15, -0.1) is 0 Å². The number of anilines is 1. The summed E-state index contributed by atoms with van der Waals surface area (Å²) in [6, 6.07) is 5.31. The highest BCUT2D eigenvalue weighted by atomic mass is 16.6. The molecule has 0 aliphatic rings. The maximum absolute atomic E-state index is 11.7. The maximum Gasteiger partial charge on any atom is 0.412 e. The SMILES string of the molecule is Cc1ccc([C@H](O)CN)cc1NC(=O)OC(C)(C)C. The molecule has 0 aliphatic heterocycles. The van der Waals surface area contributed by atoms with E-state index in [9.17, 15) is 9.90 Å². The molecule has 19 heavy (non-hydrogen) atoms. The van der Waals surface area contributed by atoms with E-state index in [4.69, 9.17) is 10.5 Å². The summed E-state index contributed by atoms with van der Waals surface area (Å²) in [7, 11) is 0. The highest BCUT2D eigenvalue weighted by Crippen LogP contribution is 2.22. The first kappa shape index (κ1) is 15.5. The summed E-state index contributed by atoms with van der Waals surface area (Å²) >= 11 is 0. The minimum atomic E-state index is -0.736. The standard InChI is InChI=1S/C14H22N2O3/c1-9-5-6-10(12(17)8-15)7-11(9)16-13(18)19-14(2,3)4/h5-7,12,17H,8,15H2,1-4H3,(H,16,18)/t12-/m1/s1. The van der Waals surface area contributed by atoms with Crippen molar-refractivity contribution in [2.75, 3.05) is 11.9 Å². The predicted molar refractivity (Wildman–Crippen MR) is 75.0 cm³/mol. The molecule has 1 aromatic rings. The van der Waals surface area contributed by atoms with Crippen molar-refractivity contribution < 1.29 is 14.6 Å². The zero-order chi connectivity index (χ0) is 14.6. The lowest BCUT2D eigenvalue weighted by atomic mass is 10.1. The molecule has 0 heterocycles. The van der Waals surface area contributed by atoms with Gasteiger partial charge in [-0.25, -0.2) is 4.79 Å². The number of nitrogens with one attached hydrogen (secondary N) is 1. The van der Waals surface area contributed by atoms with E-state index in [1.807, 2.05) is 13.0 Å². The summed E-state index contributed by atoms with van der Waals surface area (Å²) < 4.78 is 5.19. The number of hydrogen-bond acceptors (Lipinski definition) is 4. The third-order valence-corrected chi connectivity index (χ3v) is 2.51. The van der Waals surface area contributed by atoms with Crippen LogP contribution >= 0.6 is 0 Å². The van der Waals surface area contributed by atoms with Crippen molar-refractivity contribution in [1.29, 1.82) is 0 Å². The number of benzene rings is 1. The van der Waals surface area contributed by atoms with Crippen LogP contribution in [0.2, 0.25) is 0 Å². The van der Waals surface area contributed by atoms with Gasteiger partial charge < -0.3 is 15.6 Å². The quantitative estimate of drug-likeness (QED) is 0.784. The van der Waals surface area contributed by atoms with Crippen LogP contribution in [0.1, 0.15) is 38.0 Å². The lowest BCUT2D eigenvalue weighted by molar-refractivity contribution is 0.0635. The molecule has 0 spiro atoms. The molecule has 0 unspecified atom stereocenters. The molecule has 5 nitrogen and oxygen atoms in total. The average Bonchev–Trinajstić information content (AvgIpc) is 2.28. The van der Waals surface area contributed by atoms with E-state index in [0.717, 1.165) is 5.56 Å². The Labute approximate surface area is 113 Å². The molecule has 4 N–H and O–H groups in total. The summed E-state index contributed by atoms with van der Waals surface area (Å²) in [5.41, 5.74) is 7.03. The highest BCUT2D eigenvalue weighted by molar-refractivity contribution is 5.86. The fourth-order valence-corrected chi connectivity index (χ4v) is 1.53. The van der Waals surface area contributed by atoms with E-state index in [1.165, 1.54) is 0 Å². The summed E-state index contributed by atoms with van der Waals surface area (Å²) in [6.45, 7) is 7.40. The Morgan fingerprint density at radius 3 is 2.63 bits per heavy atom. The van der Waals surface area contributed by atoms with Gasteiger partial charge in [0.05, 0.1) is 6.10 Å². The van der Waals surface area contributed by atoms with E-state index in [-0.39, 0.29) is 6.54 Å². The molecule has 106 valence electrons. The summed E-state index contributed by atoms with van der Waals surface area (Å²) in [6.07, 6.45) is -1.25. The third-order valence-electron chi connectivity index (χ3n) is 2.51. The largest absolute Gasteiger partial charge is 0.444 e. The second kappa shape index (κ2) is 6.04. The van der Waals surface area contributed by atoms with Gasteiger partial charge in [-0.2, -0.15) is 0 Å². The van der Waals surface area contributed by atoms with E-state index < -0.39 is 17.8 Å². The van der Waals surface area contributed by atoms with Gasteiger partial charge in [-0.3, -0.25) is 5.32 Å². The average molecular weight is 266 g/mol. The van der Waals surface area contributed by atoms with Crippen LogP contribution in [-0.2, 0) is 4.74 Å². The van der Waals surface area contributed by atoms with Gasteiger partial charge in [-0.05, 0) is 44.9 Å². The van der Waals surface area contributed by atoms with E-state index >= 15 is 0 Å². The molecule has 0 saturated carbocycles. The lowest BCUT2D eigenvalue weighted by Crippen LogP contribution is -2.27. The van der Waals surface area contributed by atoms with Crippen LogP contribution in [0.15, 0.2) is 18.2 Å². The third kappa shape index (κ3) is 4.89. The molecular weight excluding hydrogens is 244 g/mol. The number of amides is 1. The highest BCUT2D eigenvalue weighted by Gasteiger charge is 2.17. The van der Waals surface area contributed by atoms with Crippen LogP contribution < -0.4 is 11.1 Å². The number of hydrogen-bond donors (Lipinski definition) is 3. The number of aryl methyl sites for hydroxylation is 1. The van der Waals surface area contributed by atoms with Crippen molar-refractivity contribution in [2.24, 2.45) is 5.73 Å². The Hall–Kier alpha value is -1.59. The minimum Gasteiger partial charge on any atom is -0.444 e. The molecule has 0 aliphatic carbocycles. The molecule has 1 aromatic carbocycles. The van der Waals surface area contributed by atoms with E-state index in [1.54, 1.807) is 32.9 Å². The molecule has 1 atom stereocenters. The lowest BCUT2D eigenvalue weighted by Gasteiger charge is -2.20. The molecule has 1 rings (SSSR count). The van der Waals surface area contributed by atoms with Gasteiger partial charge in [0.1, 0.15) is 5.60 Å². The maximum atomic E-state index is 11.7. The fourth-order valence-electron chi connectivity index (χ4n) is 1.53. The van der Waals surface area contributed by atoms with E-state index in [2.05, 4.69) is 5.32 Å². The number of aliphatic hydroxyl groups is 1. The van der Waals surface area contributed by atoms with Crippen LogP contribution in [0.25, 0.3) is 0 Å². The van der Waals surface area contributed by atoms with Crippen LogP contribution in [-0.4, -0.2) is 23.3 Å². The van der Waals surface area contributed by atoms with Crippen molar-refractivity contribution in [3.8, 4) is 0 Å². The van der Waals surface area contributed by atoms with E-state index in [0.29, 0.717) is 11.3 Å². The topological polar surface area (TPSA) is 84.6 Å². The zero-order valence-electron chi connectivity index (χ0n) is 11.9. The first-order chi connectivity index (χ1) is 8.73. The number of carbonyl (C=O) groups excluding carboxylic acids is 1. The van der Waals surface area contributed by atoms with Crippen LogP contribution in [0.5, 0.6) is 0 Å². The summed E-state index contributed by atoms with van der Waals surface area (Å²) in [4.78, 5) is 11.7. The van der Waals surface area contributed by atoms with Crippen molar-refractivity contribution in [2.45, 2.75) is 39.4 Å². The number of rotatable bonds is 3. The zero-order valence-corrected chi connectivity index (χ0v) is 11.9. The molecule has 0 bridgehead atoms. The Morgan fingerprint density at radius 2 is 2.11 bits per heavy atom.